The molecule has 1 fully saturated rings. The Kier molecular flexibility index (Phi) is 5.74. The predicted octanol–water partition coefficient (Wildman–Crippen LogP) is 2.33. The van der Waals surface area contributed by atoms with Crippen LogP contribution < -0.4 is 0 Å². The average molecular weight is 320 g/mol. The molecule has 126 valence electrons. The maximum Gasteiger partial charge on any atom is 0.225 e. The second-order valence-electron chi connectivity index (χ2n) is 6.54. The van der Waals surface area contributed by atoms with Gasteiger partial charge in [0.05, 0.1) is 0 Å². The molecule has 23 heavy (non-hydrogen) atoms. The van der Waals surface area contributed by atoms with Crippen LogP contribution in [0.25, 0.3) is 0 Å². The minimum Gasteiger partial charge on any atom is -0.339 e. The molecule has 1 aromatic carbocycles. The number of hydrogen-bond donors (Lipinski definition) is 0. The number of halogens is 1. The summed E-state index contributed by atoms with van der Waals surface area (Å²) < 4.78 is 12.9. The Morgan fingerprint density at radius 2 is 1.43 bits per heavy atom. The third-order valence-electron chi connectivity index (χ3n) is 4.27. The molecule has 1 aliphatic heterocycles. The highest BCUT2D eigenvalue weighted by atomic mass is 19.1. The highest BCUT2D eigenvalue weighted by Crippen LogP contribution is 2.15. The Hall–Kier alpha value is -1.91. The summed E-state index contributed by atoms with van der Waals surface area (Å²) in [5.41, 5.74) is 0.959. The number of carbonyl (C=O) groups excluding carboxylic acids is 2. The molecule has 1 aromatic rings. The second kappa shape index (κ2) is 7.57. The number of rotatable bonds is 4. The quantitative estimate of drug-likeness (QED) is 0.854. The van der Waals surface area contributed by atoms with Gasteiger partial charge in [-0.2, -0.15) is 0 Å². The zero-order chi connectivity index (χ0) is 17.0. The van der Waals surface area contributed by atoms with Crippen molar-refractivity contribution in [1.82, 2.24) is 9.80 Å². The molecule has 0 aliphatic carbocycles. The van der Waals surface area contributed by atoms with Gasteiger partial charge >= 0.3 is 0 Å². The maximum absolute atomic E-state index is 12.9. The van der Waals surface area contributed by atoms with E-state index in [2.05, 4.69) is 0 Å². The minimum absolute atomic E-state index is 0.00495. The van der Waals surface area contributed by atoms with E-state index in [0.29, 0.717) is 32.6 Å². The molecule has 1 aliphatic rings. The average Bonchev–Trinajstić information content (AvgIpc) is 2.55. The lowest BCUT2D eigenvalue weighted by molar-refractivity contribution is -0.143. The van der Waals surface area contributed by atoms with E-state index >= 15 is 0 Å². The normalized spacial score (nSPS) is 16.6. The van der Waals surface area contributed by atoms with Gasteiger partial charge in [-0.05, 0) is 24.1 Å². The Labute approximate surface area is 137 Å². The van der Waals surface area contributed by atoms with Crippen LogP contribution in [0.2, 0.25) is 0 Å². The molecule has 2 rings (SSSR count). The van der Waals surface area contributed by atoms with Crippen LogP contribution in [0.3, 0.4) is 0 Å². The summed E-state index contributed by atoms with van der Waals surface area (Å²) in [5, 5.41) is 0. The first-order valence-corrected chi connectivity index (χ1v) is 8.20. The molecule has 0 aromatic heterocycles. The van der Waals surface area contributed by atoms with Crippen LogP contribution in [-0.2, 0) is 16.0 Å². The number of amides is 2. The lowest BCUT2D eigenvalue weighted by atomic mass is 9.99. The maximum atomic E-state index is 12.9. The fourth-order valence-electron chi connectivity index (χ4n) is 2.89. The summed E-state index contributed by atoms with van der Waals surface area (Å²) in [7, 11) is 0. The van der Waals surface area contributed by atoms with Crippen molar-refractivity contribution >= 4 is 11.8 Å². The number of benzene rings is 1. The summed E-state index contributed by atoms with van der Waals surface area (Å²) in [4.78, 5) is 28.2. The molecule has 0 bridgehead atoms. The fraction of sp³-hybridized carbons (Fsp3) is 0.556. The Morgan fingerprint density at radius 3 is 1.91 bits per heavy atom. The molecule has 2 amide bonds. The molecule has 1 heterocycles. The van der Waals surface area contributed by atoms with Crippen LogP contribution in [0.4, 0.5) is 4.39 Å². The Balaban J connectivity index is 1.86. The zero-order valence-corrected chi connectivity index (χ0v) is 14.1. The van der Waals surface area contributed by atoms with E-state index in [4.69, 9.17) is 0 Å². The van der Waals surface area contributed by atoms with Gasteiger partial charge in [0.25, 0.3) is 0 Å². The number of nitrogens with zero attached hydrogens (tertiary/aromatic N) is 2. The van der Waals surface area contributed by atoms with Gasteiger partial charge in [0, 0.05) is 38.0 Å². The first-order valence-electron chi connectivity index (χ1n) is 8.20. The molecule has 0 N–H and O–H groups in total. The van der Waals surface area contributed by atoms with Gasteiger partial charge in [-0.3, -0.25) is 9.59 Å². The molecule has 1 unspecified atom stereocenters. The summed E-state index contributed by atoms with van der Waals surface area (Å²) in [6, 6.07) is 6.28. The third-order valence-corrected chi connectivity index (χ3v) is 4.27. The van der Waals surface area contributed by atoms with Crippen molar-refractivity contribution in [3.8, 4) is 0 Å². The Bertz CT molecular complexity index is 549. The first-order chi connectivity index (χ1) is 10.9. The van der Waals surface area contributed by atoms with Crippen molar-refractivity contribution in [2.75, 3.05) is 26.2 Å². The minimum atomic E-state index is -0.265. The van der Waals surface area contributed by atoms with Crippen molar-refractivity contribution in [3.05, 3.63) is 35.6 Å². The molecular formula is C18H25FN2O2. The number of piperazine rings is 1. The highest BCUT2D eigenvalue weighted by molar-refractivity contribution is 5.80. The largest absolute Gasteiger partial charge is 0.339 e. The summed E-state index contributed by atoms with van der Waals surface area (Å²) >= 11 is 0. The molecule has 0 radical (unpaired) electrons. The van der Waals surface area contributed by atoms with Crippen LogP contribution in [0.5, 0.6) is 0 Å². The van der Waals surface area contributed by atoms with Crippen LogP contribution in [0.1, 0.15) is 26.3 Å². The molecule has 0 spiro atoms. The van der Waals surface area contributed by atoms with E-state index in [1.807, 2.05) is 30.6 Å². The fourth-order valence-corrected chi connectivity index (χ4v) is 2.89. The van der Waals surface area contributed by atoms with E-state index in [-0.39, 0.29) is 29.5 Å². The van der Waals surface area contributed by atoms with E-state index < -0.39 is 0 Å². The number of carbonyl (C=O) groups is 2. The van der Waals surface area contributed by atoms with Gasteiger partial charge in [0.15, 0.2) is 0 Å². The van der Waals surface area contributed by atoms with Crippen LogP contribution >= 0.6 is 0 Å². The van der Waals surface area contributed by atoms with E-state index in [9.17, 15) is 14.0 Å². The lowest BCUT2D eigenvalue weighted by Gasteiger charge is -2.36. The molecule has 4 nitrogen and oxygen atoms in total. The van der Waals surface area contributed by atoms with Gasteiger partial charge < -0.3 is 9.80 Å². The lowest BCUT2D eigenvalue weighted by Crippen LogP contribution is -2.52. The first kappa shape index (κ1) is 17.4. The summed E-state index contributed by atoms with van der Waals surface area (Å²) in [6.07, 6.45) is 0.601. The van der Waals surface area contributed by atoms with Gasteiger partial charge in [-0.25, -0.2) is 4.39 Å². The van der Waals surface area contributed by atoms with Gasteiger partial charge in [0.1, 0.15) is 5.82 Å². The SMILES string of the molecule is CC(C)C(=O)N1CCN(C(=O)C(C)Cc2ccc(F)cc2)CC1. The predicted molar refractivity (Wildman–Crippen MR) is 87.3 cm³/mol. The third kappa shape index (κ3) is 4.53. The second-order valence-corrected chi connectivity index (χ2v) is 6.54. The van der Waals surface area contributed by atoms with Crippen LogP contribution in [0, 0.1) is 17.7 Å². The van der Waals surface area contributed by atoms with Crippen LogP contribution in [-0.4, -0.2) is 47.8 Å². The Morgan fingerprint density at radius 1 is 0.957 bits per heavy atom. The topological polar surface area (TPSA) is 40.6 Å². The number of hydrogen-bond acceptors (Lipinski definition) is 2. The standard InChI is InChI=1S/C18H25FN2O2/c1-13(2)17(22)20-8-10-21(11-9-20)18(23)14(3)12-15-4-6-16(19)7-5-15/h4-7,13-14H,8-12H2,1-3H3. The monoisotopic (exact) mass is 320 g/mol. The van der Waals surface area contributed by atoms with Crippen molar-refractivity contribution in [2.45, 2.75) is 27.2 Å². The highest BCUT2D eigenvalue weighted by Gasteiger charge is 2.27. The smallest absolute Gasteiger partial charge is 0.225 e. The van der Waals surface area contributed by atoms with Gasteiger partial charge in [0.2, 0.25) is 11.8 Å². The summed E-state index contributed by atoms with van der Waals surface area (Å²) in [5.74, 6) is -0.163. The zero-order valence-electron chi connectivity index (χ0n) is 14.1. The van der Waals surface area contributed by atoms with Crippen molar-refractivity contribution in [2.24, 2.45) is 11.8 Å². The van der Waals surface area contributed by atoms with Crippen molar-refractivity contribution in [1.29, 1.82) is 0 Å². The van der Waals surface area contributed by atoms with Crippen LogP contribution in [0.15, 0.2) is 24.3 Å². The molecule has 5 heteroatoms. The molecule has 0 saturated carbocycles. The van der Waals surface area contributed by atoms with Crippen molar-refractivity contribution < 1.29 is 14.0 Å². The van der Waals surface area contributed by atoms with Crippen molar-refractivity contribution in [3.63, 3.8) is 0 Å². The summed E-state index contributed by atoms with van der Waals surface area (Å²) in [6.45, 7) is 8.07. The van der Waals surface area contributed by atoms with Gasteiger partial charge in [-0.15, -0.1) is 0 Å². The van der Waals surface area contributed by atoms with E-state index in [0.717, 1.165) is 5.56 Å². The molecule has 1 saturated heterocycles. The van der Waals surface area contributed by atoms with E-state index in [1.165, 1.54) is 12.1 Å². The molecular weight excluding hydrogens is 295 g/mol. The van der Waals surface area contributed by atoms with Gasteiger partial charge in [-0.1, -0.05) is 32.9 Å². The molecule has 1 atom stereocenters. The van der Waals surface area contributed by atoms with E-state index in [1.54, 1.807) is 12.1 Å².